The standard InChI is InChI=1S/C23H21FN2O4/c24-18-8-4-5-9-19(18)25-10-12-26(13-11-25)23(28)21-14-20(27)22(16-30-21)29-15-17-6-2-1-3-7-17/h1-9,14,16H,10-13,15H2. The number of hydrogen-bond donors (Lipinski definition) is 0. The largest absolute Gasteiger partial charge is 0.482 e. The van der Waals surface area contributed by atoms with Gasteiger partial charge in [-0.15, -0.1) is 0 Å². The Kier molecular flexibility index (Phi) is 5.79. The van der Waals surface area contributed by atoms with Gasteiger partial charge in [0.2, 0.25) is 11.2 Å². The molecule has 154 valence electrons. The summed E-state index contributed by atoms with van der Waals surface area (Å²) in [6, 6.07) is 17.2. The van der Waals surface area contributed by atoms with Gasteiger partial charge < -0.3 is 19.0 Å². The third-order valence-electron chi connectivity index (χ3n) is 5.01. The fourth-order valence-electron chi connectivity index (χ4n) is 3.37. The lowest BCUT2D eigenvalue weighted by Crippen LogP contribution is -2.49. The minimum Gasteiger partial charge on any atom is -0.482 e. The summed E-state index contributed by atoms with van der Waals surface area (Å²) in [7, 11) is 0. The Morgan fingerprint density at radius 3 is 2.40 bits per heavy atom. The molecule has 2 heterocycles. The molecule has 30 heavy (non-hydrogen) atoms. The van der Waals surface area contributed by atoms with Crippen LogP contribution >= 0.6 is 0 Å². The lowest BCUT2D eigenvalue weighted by molar-refractivity contribution is 0.0711. The van der Waals surface area contributed by atoms with Crippen molar-refractivity contribution in [3.63, 3.8) is 0 Å². The molecule has 0 N–H and O–H groups in total. The maximum Gasteiger partial charge on any atom is 0.289 e. The molecule has 1 aromatic heterocycles. The molecular formula is C23H21FN2O4. The van der Waals surface area contributed by atoms with Crippen LogP contribution in [0.2, 0.25) is 0 Å². The first-order chi connectivity index (χ1) is 14.6. The average molecular weight is 408 g/mol. The molecule has 0 radical (unpaired) electrons. The summed E-state index contributed by atoms with van der Waals surface area (Å²) in [6.07, 6.45) is 1.17. The van der Waals surface area contributed by atoms with Gasteiger partial charge in [0.25, 0.3) is 5.91 Å². The van der Waals surface area contributed by atoms with E-state index in [1.165, 1.54) is 12.3 Å². The Bertz CT molecular complexity index is 1080. The SMILES string of the molecule is O=C(c1cc(=O)c(OCc2ccccc2)co1)N1CCN(c2ccccc2F)CC1. The van der Waals surface area contributed by atoms with Gasteiger partial charge in [-0.1, -0.05) is 42.5 Å². The second kappa shape index (κ2) is 8.82. The van der Waals surface area contributed by atoms with E-state index in [1.807, 2.05) is 35.2 Å². The van der Waals surface area contributed by atoms with Crippen LogP contribution in [0.25, 0.3) is 0 Å². The Morgan fingerprint density at radius 1 is 1.00 bits per heavy atom. The number of halogens is 1. The van der Waals surface area contributed by atoms with Crippen molar-refractivity contribution in [2.45, 2.75) is 6.61 Å². The Balaban J connectivity index is 1.37. The molecule has 4 rings (SSSR count). The predicted molar refractivity (Wildman–Crippen MR) is 110 cm³/mol. The number of rotatable bonds is 5. The van der Waals surface area contributed by atoms with E-state index in [4.69, 9.17) is 9.15 Å². The number of para-hydroxylation sites is 1. The molecule has 0 aliphatic carbocycles. The molecule has 1 aliphatic rings. The molecule has 0 unspecified atom stereocenters. The highest BCUT2D eigenvalue weighted by Gasteiger charge is 2.25. The van der Waals surface area contributed by atoms with Crippen molar-refractivity contribution in [1.82, 2.24) is 4.90 Å². The number of carbonyl (C=O) groups is 1. The Morgan fingerprint density at radius 2 is 1.70 bits per heavy atom. The number of amides is 1. The monoisotopic (exact) mass is 408 g/mol. The summed E-state index contributed by atoms with van der Waals surface area (Å²) < 4.78 is 24.9. The summed E-state index contributed by atoms with van der Waals surface area (Å²) in [5.74, 6) is -0.629. The minimum atomic E-state index is -0.412. The highest BCUT2D eigenvalue weighted by Crippen LogP contribution is 2.21. The van der Waals surface area contributed by atoms with Gasteiger partial charge in [-0.2, -0.15) is 0 Å². The molecule has 3 aromatic rings. The molecule has 7 heteroatoms. The predicted octanol–water partition coefficient (Wildman–Crippen LogP) is 3.32. The first-order valence-electron chi connectivity index (χ1n) is 9.70. The minimum absolute atomic E-state index is 0.0357. The third kappa shape index (κ3) is 4.35. The van der Waals surface area contributed by atoms with Gasteiger partial charge in [-0.25, -0.2) is 4.39 Å². The van der Waals surface area contributed by atoms with Gasteiger partial charge in [0.05, 0.1) is 5.69 Å². The molecular weight excluding hydrogens is 387 g/mol. The summed E-state index contributed by atoms with van der Waals surface area (Å²) in [5.41, 5.74) is 1.03. The van der Waals surface area contributed by atoms with Gasteiger partial charge in [0.1, 0.15) is 18.7 Å². The zero-order valence-corrected chi connectivity index (χ0v) is 16.3. The third-order valence-corrected chi connectivity index (χ3v) is 5.01. The van der Waals surface area contributed by atoms with Gasteiger partial charge in [0, 0.05) is 32.2 Å². The average Bonchev–Trinajstić information content (AvgIpc) is 2.79. The van der Waals surface area contributed by atoms with Crippen LogP contribution in [0.15, 0.2) is 76.1 Å². The first-order valence-corrected chi connectivity index (χ1v) is 9.70. The van der Waals surface area contributed by atoms with Crippen LogP contribution in [0.4, 0.5) is 10.1 Å². The van der Waals surface area contributed by atoms with Crippen LogP contribution in [0.1, 0.15) is 16.1 Å². The molecule has 1 aliphatic heterocycles. The number of anilines is 1. The van der Waals surface area contributed by atoms with Crippen LogP contribution < -0.4 is 15.1 Å². The van der Waals surface area contributed by atoms with Gasteiger partial charge >= 0.3 is 0 Å². The fraction of sp³-hybridized carbons (Fsp3) is 0.217. The molecule has 1 fully saturated rings. The summed E-state index contributed by atoms with van der Waals surface area (Å²) in [4.78, 5) is 28.5. The van der Waals surface area contributed by atoms with E-state index < -0.39 is 5.43 Å². The lowest BCUT2D eigenvalue weighted by Gasteiger charge is -2.35. The van der Waals surface area contributed by atoms with Crippen molar-refractivity contribution in [2.75, 3.05) is 31.1 Å². The fourth-order valence-corrected chi connectivity index (χ4v) is 3.37. The molecule has 0 spiro atoms. The van der Waals surface area contributed by atoms with E-state index in [9.17, 15) is 14.0 Å². The topological polar surface area (TPSA) is 63.0 Å². The lowest BCUT2D eigenvalue weighted by atomic mass is 10.2. The Hall–Kier alpha value is -3.61. The second-order valence-electron chi connectivity index (χ2n) is 6.98. The molecule has 0 saturated carbocycles. The van der Waals surface area contributed by atoms with E-state index in [0.29, 0.717) is 31.9 Å². The maximum atomic E-state index is 14.0. The molecule has 1 saturated heterocycles. The van der Waals surface area contributed by atoms with Crippen LogP contribution in [0, 0.1) is 5.82 Å². The number of hydrogen-bond acceptors (Lipinski definition) is 5. The highest BCUT2D eigenvalue weighted by atomic mass is 19.1. The van der Waals surface area contributed by atoms with Crippen LogP contribution in [0.3, 0.4) is 0 Å². The van der Waals surface area contributed by atoms with Crippen molar-refractivity contribution < 1.29 is 18.3 Å². The summed E-state index contributed by atoms with van der Waals surface area (Å²) in [6.45, 7) is 2.04. The Labute approximate surface area is 173 Å². The van der Waals surface area contributed by atoms with E-state index in [0.717, 1.165) is 11.6 Å². The maximum absolute atomic E-state index is 14.0. The van der Waals surface area contributed by atoms with Crippen LogP contribution in [-0.2, 0) is 6.61 Å². The summed E-state index contributed by atoms with van der Waals surface area (Å²) in [5, 5.41) is 0. The smallest absolute Gasteiger partial charge is 0.289 e. The summed E-state index contributed by atoms with van der Waals surface area (Å²) >= 11 is 0. The zero-order valence-electron chi connectivity index (χ0n) is 16.3. The zero-order chi connectivity index (χ0) is 20.9. The quantitative estimate of drug-likeness (QED) is 0.648. The van der Waals surface area contributed by atoms with Gasteiger partial charge in [0.15, 0.2) is 5.76 Å². The number of ether oxygens (including phenoxy) is 1. The number of nitrogens with zero attached hydrogens (tertiary/aromatic N) is 2. The van der Waals surface area contributed by atoms with Crippen molar-refractivity contribution in [3.8, 4) is 5.75 Å². The molecule has 1 amide bonds. The normalized spacial score (nSPS) is 13.9. The number of benzene rings is 2. The highest BCUT2D eigenvalue weighted by molar-refractivity contribution is 5.91. The van der Waals surface area contributed by atoms with E-state index in [2.05, 4.69) is 0 Å². The van der Waals surface area contributed by atoms with E-state index in [-0.39, 0.29) is 29.8 Å². The number of carbonyl (C=O) groups excluding carboxylic acids is 1. The second-order valence-corrected chi connectivity index (χ2v) is 6.98. The van der Waals surface area contributed by atoms with E-state index >= 15 is 0 Å². The molecule has 2 aromatic carbocycles. The van der Waals surface area contributed by atoms with Gasteiger partial charge in [-0.05, 0) is 17.7 Å². The van der Waals surface area contributed by atoms with Crippen molar-refractivity contribution >= 4 is 11.6 Å². The van der Waals surface area contributed by atoms with Crippen molar-refractivity contribution in [1.29, 1.82) is 0 Å². The first kappa shape index (κ1) is 19.7. The molecule has 6 nitrogen and oxygen atoms in total. The number of piperazine rings is 1. The van der Waals surface area contributed by atoms with Crippen molar-refractivity contribution in [2.24, 2.45) is 0 Å². The molecule has 0 bridgehead atoms. The van der Waals surface area contributed by atoms with Crippen molar-refractivity contribution in [3.05, 3.63) is 94.3 Å². The van der Waals surface area contributed by atoms with E-state index in [1.54, 1.807) is 23.1 Å². The molecule has 0 atom stereocenters. The van der Waals surface area contributed by atoms with Gasteiger partial charge in [-0.3, -0.25) is 9.59 Å². The van der Waals surface area contributed by atoms with Crippen LogP contribution in [-0.4, -0.2) is 37.0 Å². The van der Waals surface area contributed by atoms with Crippen LogP contribution in [0.5, 0.6) is 5.75 Å².